The molecule has 0 heterocycles. The summed E-state index contributed by atoms with van der Waals surface area (Å²) < 4.78 is 0. The van der Waals surface area contributed by atoms with Crippen LogP contribution in [0.3, 0.4) is 0 Å². The minimum absolute atomic E-state index is 0.0208. The number of aliphatic carboxylic acids is 6. The van der Waals surface area contributed by atoms with Crippen molar-refractivity contribution in [2.45, 2.75) is 108 Å². The summed E-state index contributed by atoms with van der Waals surface area (Å²) in [4.78, 5) is 60.6. The fraction of sp³-hybridized carbons (Fsp3) is 0.719. The van der Waals surface area contributed by atoms with Gasteiger partial charge in [0.1, 0.15) is 36.3 Å². The molecule has 0 radical (unpaired) electrons. The van der Waals surface area contributed by atoms with Crippen molar-refractivity contribution >= 4 is 66.3 Å². The maximum atomic E-state index is 10.2. The lowest BCUT2D eigenvalue weighted by Crippen LogP contribution is -2.34. The quantitative estimate of drug-likeness (QED) is 0.0186. The first-order valence-electron chi connectivity index (χ1n) is 18.5. The second-order valence-corrected chi connectivity index (χ2v) is 13.1. The van der Waals surface area contributed by atoms with Crippen molar-refractivity contribution in [3.63, 3.8) is 0 Å². The van der Waals surface area contributed by atoms with Crippen LogP contribution in [0, 0.1) is 22.1 Å². The van der Waals surface area contributed by atoms with Gasteiger partial charge in [0.25, 0.3) is 0 Å². The van der Waals surface area contributed by atoms with Gasteiger partial charge in [-0.3, -0.25) is 45.0 Å². The Morgan fingerprint density at radius 3 is 0.852 bits per heavy atom. The monoisotopic (exact) mass is 907 g/mol. The van der Waals surface area contributed by atoms with Crippen LogP contribution in [0.15, 0.2) is 0 Å². The van der Waals surface area contributed by atoms with Gasteiger partial charge in [0.2, 0.25) is 0 Å². The molecule has 0 aliphatic rings. The minimum Gasteiger partial charge on any atom is -0.480 e. The third-order valence-electron chi connectivity index (χ3n) is 6.78. The van der Waals surface area contributed by atoms with Crippen molar-refractivity contribution in [2.75, 3.05) is 31.9 Å². The van der Waals surface area contributed by atoms with Gasteiger partial charge >= 0.3 is 35.8 Å². The summed E-state index contributed by atoms with van der Waals surface area (Å²) in [6.45, 7) is 5.60. The van der Waals surface area contributed by atoms with Gasteiger partial charge in [-0.1, -0.05) is 20.3 Å². The molecule has 32 N–H and O–H groups in total. The van der Waals surface area contributed by atoms with Gasteiger partial charge in [-0.05, 0) is 63.8 Å². The van der Waals surface area contributed by atoms with Crippen molar-refractivity contribution < 1.29 is 59.4 Å². The average Bonchev–Trinajstić information content (AvgIpc) is 3.16. The molecule has 0 bridgehead atoms. The molecule has 28 nitrogen and oxygen atoms in total. The predicted octanol–water partition coefficient (Wildman–Crippen LogP) is -5.11. The predicted molar refractivity (Wildman–Crippen MR) is 233 cm³/mol. The zero-order chi connectivity index (χ0) is 49.3. The summed E-state index contributed by atoms with van der Waals surface area (Å²) in [6, 6.07) is -4.71. The van der Waals surface area contributed by atoms with Gasteiger partial charge in [-0.15, -0.1) is 0 Å². The number of thiol groups is 1. The largest absolute Gasteiger partial charge is 0.480 e. The van der Waals surface area contributed by atoms with E-state index in [0.717, 1.165) is 12.8 Å². The Hall–Kier alpha value is -5.30. The highest BCUT2D eigenvalue weighted by atomic mass is 32.1. The van der Waals surface area contributed by atoms with Crippen LogP contribution in [0.1, 0.15) is 71.6 Å². The molecule has 0 amide bonds. The maximum absolute atomic E-state index is 10.2. The van der Waals surface area contributed by atoms with Crippen LogP contribution in [0.2, 0.25) is 0 Å². The molecular formula is C32H74N16O12S. The number of rotatable bonds is 24. The molecule has 6 atom stereocenters. The highest BCUT2D eigenvalue weighted by Gasteiger charge is 2.15. The highest BCUT2D eigenvalue weighted by Crippen LogP contribution is 1.98. The van der Waals surface area contributed by atoms with Crippen LogP contribution in [-0.4, -0.2) is 153 Å². The molecule has 0 aromatic heterocycles. The number of unbranched alkanes of at least 4 members (excludes halogenated alkanes) is 1. The van der Waals surface area contributed by atoms with Crippen LogP contribution in [0.25, 0.3) is 0 Å². The van der Waals surface area contributed by atoms with E-state index in [-0.39, 0.29) is 29.5 Å². The summed E-state index contributed by atoms with van der Waals surface area (Å²) >= 11 is 3.65. The summed E-state index contributed by atoms with van der Waals surface area (Å²) in [5.74, 6) is -6.00. The van der Waals surface area contributed by atoms with Crippen LogP contribution in [0.4, 0.5) is 0 Å². The lowest BCUT2D eigenvalue weighted by atomic mass is 10.1. The van der Waals surface area contributed by atoms with Gasteiger partial charge in [-0.25, -0.2) is 0 Å². The number of hydrogen-bond donors (Lipinski definition) is 23. The smallest absolute Gasteiger partial charge is 0.321 e. The molecule has 0 saturated heterocycles. The van der Waals surface area contributed by atoms with Crippen LogP contribution in [0.5, 0.6) is 0 Å². The lowest BCUT2D eigenvalue weighted by molar-refractivity contribution is -0.140. The van der Waals surface area contributed by atoms with E-state index < -0.39 is 72.1 Å². The van der Waals surface area contributed by atoms with E-state index in [9.17, 15) is 28.8 Å². The summed E-state index contributed by atoms with van der Waals surface area (Å²) in [6.07, 6.45) is 5.09. The van der Waals surface area contributed by atoms with E-state index in [1.54, 1.807) is 13.8 Å². The molecule has 6 unspecified atom stereocenters. The Balaban J connectivity index is -0.000000150. The van der Waals surface area contributed by atoms with Crippen molar-refractivity contribution in [3.8, 4) is 0 Å². The summed E-state index contributed by atoms with van der Waals surface area (Å²) in [5, 5.41) is 77.7. The van der Waals surface area contributed by atoms with Crippen molar-refractivity contribution in [1.82, 2.24) is 16.0 Å². The maximum Gasteiger partial charge on any atom is 0.321 e. The molecule has 29 heteroatoms. The Bertz CT molecular complexity index is 1170. The Morgan fingerprint density at radius 1 is 0.475 bits per heavy atom. The SMILES string of the molecule is CC(C)C(N)C(=O)O.N=C(N)NCCCC(N)C(=O)O.N=C(N)NCCCC(N)C(=O)O.N=C(N)NCCCC(N)C(=O)O.NC(CS)C(=O)O.NCCCCC(N)C(=O)O. The normalized spacial score (nSPS) is 12.6. The molecule has 0 aliphatic heterocycles. The first-order chi connectivity index (χ1) is 28.0. The summed E-state index contributed by atoms with van der Waals surface area (Å²) in [5.41, 5.74) is 51.2. The number of nitrogens with two attached hydrogens (primary N) is 10. The van der Waals surface area contributed by atoms with Gasteiger partial charge in [0.05, 0.1) is 0 Å². The molecule has 0 fully saturated rings. The fourth-order valence-electron chi connectivity index (χ4n) is 3.00. The molecule has 61 heavy (non-hydrogen) atoms. The third kappa shape index (κ3) is 59.1. The zero-order valence-electron chi connectivity index (χ0n) is 34.8. The van der Waals surface area contributed by atoms with Gasteiger partial charge in [0, 0.05) is 25.4 Å². The van der Waals surface area contributed by atoms with E-state index in [0.29, 0.717) is 71.1 Å². The van der Waals surface area contributed by atoms with E-state index in [1.165, 1.54) is 0 Å². The minimum atomic E-state index is -1.00. The van der Waals surface area contributed by atoms with E-state index in [1.807, 2.05) is 0 Å². The third-order valence-corrected chi connectivity index (χ3v) is 7.17. The molecule has 0 spiro atoms. The number of guanidine groups is 3. The molecule has 0 aromatic rings. The molecule has 0 aliphatic carbocycles. The number of carbonyl (C=O) groups is 6. The Morgan fingerprint density at radius 2 is 0.721 bits per heavy atom. The van der Waals surface area contributed by atoms with Gasteiger partial charge in [0.15, 0.2) is 17.9 Å². The first kappa shape index (κ1) is 67.5. The number of hydrogen-bond acceptors (Lipinski definition) is 17. The second kappa shape index (κ2) is 44.3. The first-order valence-corrected chi connectivity index (χ1v) is 19.1. The van der Waals surface area contributed by atoms with E-state index >= 15 is 0 Å². The summed E-state index contributed by atoms with van der Waals surface area (Å²) in [7, 11) is 0. The average molecular weight is 907 g/mol. The number of nitrogens with one attached hydrogen (secondary N) is 6. The van der Waals surface area contributed by atoms with Crippen molar-refractivity contribution in [1.29, 1.82) is 16.2 Å². The fourth-order valence-corrected chi connectivity index (χ4v) is 3.16. The molecule has 360 valence electrons. The van der Waals surface area contributed by atoms with E-state index in [2.05, 4.69) is 28.6 Å². The topological polar surface area (TPSA) is 592 Å². The molecule has 0 aromatic carbocycles. The lowest BCUT2D eigenvalue weighted by Gasteiger charge is -2.07. The number of carboxylic acid groups (broad SMARTS) is 6. The standard InChI is InChI=1S/3C6H14N4O2.C6H14N2O2.C5H11NO2.C3H7NO2S/c3*7-4(5(11)12)2-1-3-10-6(8)9;7-4-2-1-3-5(8)6(9)10;1-3(2)4(6)5(7)8;4-2(1-7)3(5)6/h3*4H,1-3,7H2,(H,11,12)(H4,8,9,10);5H,1-4,7-8H2,(H,9,10);3-4H,6H2,1-2H3,(H,7,8);2,7H,1,4H2,(H,5,6). The Labute approximate surface area is 360 Å². The molecule has 0 saturated carbocycles. The van der Waals surface area contributed by atoms with Gasteiger partial charge in [-0.2, -0.15) is 12.6 Å². The van der Waals surface area contributed by atoms with Crippen molar-refractivity contribution in [2.24, 2.45) is 63.3 Å². The van der Waals surface area contributed by atoms with Crippen LogP contribution < -0.4 is 73.3 Å². The van der Waals surface area contributed by atoms with E-state index in [4.69, 9.17) is 104 Å². The molecular weight excluding hydrogens is 833 g/mol. The number of carboxylic acids is 6. The van der Waals surface area contributed by atoms with Crippen LogP contribution in [-0.2, 0) is 28.8 Å². The van der Waals surface area contributed by atoms with Crippen molar-refractivity contribution in [3.05, 3.63) is 0 Å². The molecule has 0 rings (SSSR count). The van der Waals surface area contributed by atoms with Gasteiger partial charge < -0.3 is 104 Å². The van der Waals surface area contributed by atoms with Crippen LogP contribution >= 0.6 is 12.6 Å². The highest BCUT2D eigenvalue weighted by molar-refractivity contribution is 7.80. The second-order valence-electron chi connectivity index (χ2n) is 12.7. The zero-order valence-corrected chi connectivity index (χ0v) is 35.7. The Kier molecular flexibility index (Phi) is 49.0.